The Morgan fingerprint density at radius 3 is 1.09 bits per heavy atom. The van der Waals surface area contributed by atoms with E-state index in [0.717, 1.165) is 0 Å². The van der Waals surface area contributed by atoms with Crippen molar-refractivity contribution in [1.82, 2.24) is 10.6 Å². The van der Waals surface area contributed by atoms with Gasteiger partial charge in [0.2, 0.25) is 0 Å². The molecule has 0 unspecified atom stereocenters. The predicted molar refractivity (Wildman–Crippen MR) is 172 cm³/mol. The maximum absolute atomic E-state index is 12.7. The van der Waals surface area contributed by atoms with Crippen LogP contribution in [0, 0.1) is 20.2 Å². The number of hydrogen-bond acceptors (Lipinski definition) is 10. The molecule has 4 aromatic carbocycles. The maximum Gasteiger partial charge on any atom is 0.335 e. The van der Waals surface area contributed by atoms with Crippen LogP contribution >= 0.6 is 0 Å². The number of likely N-dealkylation sites (N-methyl/N-ethyl adjacent to an activating group) is 2. The Morgan fingerprint density at radius 2 is 0.848 bits per heavy atom. The first kappa shape index (κ1) is 35.0. The Morgan fingerprint density at radius 1 is 0.565 bits per heavy atom. The number of non-ortho nitro benzene ring substituents is 2. The fraction of sp³-hybridized carbons (Fsp3) is 0.235. The Hall–Kier alpha value is -5.46. The van der Waals surface area contributed by atoms with Gasteiger partial charge in [-0.1, -0.05) is 60.7 Å². The molecule has 12 heteroatoms. The Labute approximate surface area is 266 Å². The lowest BCUT2D eigenvalue weighted by Gasteiger charge is -2.32. The summed E-state index contributed by atoms with van der Waals surface area (Å²) in [6.07, 6.45) is 0. The number of esters is 2. The summed E-state index contributed by atoms with van der Waals surface area (Å²) in [7, 11) is 3.32. The van der Waals surface area contributed by atoms with E-state index >= 15 is 0 Å². The predicted octanol–water partition coefficient (Wildman–Crippen LogP) is 5.24. The van der Waals surface area contributed by atoms with E-state index in [4.69, 9.17) is 9.47 Å². The number of carbonyl (C=O) groups excluding carboxylic acids is 2. The average Bonchev–Trinajstić information content (AvgIpc) is 3.08. The van der Waals surface area contributed by atoms with Crippen LogP contribution < -0.4 is 10.6 Å². The molecule has 0 saturated heterocycles. The van der Waals surface area contributed by atoms with E-state index in [9.17, 15) is 29.8 Å². The summed E-state index contributed by atoms with van der Waals surface area (Å²) in [5.74, 6) is -0.912. The third-order valence-corrected chi connectivity index (χ3v) is 7.35. The zero-order chi connectivity index (χ0) is 33.7. The molecule has 12 nitrogen and oxygen atoms in total. The van der Waals surface area contributed by atoms with Gasteiger partial charge in [-0.15, -0.1) is 0 Å². The van der Waals surface area contributed by atoms with Crippen molar-refractivity contribution in [2.45, 2.75) is 24.9 Å². The molecule has 0 fully saturated rings. The van der Waals surface area contributed by atoms with Gasteiger partial charge in [-0.05, 0) is 74.5 Å². The molecule has 240 valence electrons. The van der Waals surface area contributed by atoms with Gasteiger partial charge in [-0.2, -0.15) is 0 Å². The number of nitro benzene ring substituents is 2. The summed E-state index contributed by atoms with van der Waals surface area (Å²) in [5, 5.41) is 27.7. The van der Waals surface area contributed by atoms with Gasteiger partial charge in [-0.3, -0.25) is 30.9 Å². The molecule has 0 bridgehead atoms. The van der Waals surface area contributed by atoms with E-state index in [1.807, 2.05) is 60.7 Å². The molecule has 0 saturated carbocycles. The molecule has 0 radical (unpaired) electrons. The van der Waals surface area contributed by atoms with Crippen molar-refractivity contribution in [3.63, 3.8) is 0 Å². The lowest BCUT2D eigenvalue weighted by molar-refractivity contribution is -0.385. The van der Waals surface area contributed by atoms with Crippen LogP contribution in [-0.4, -0.2) is 49.1 Å². The highest BCUT2D eigenvalue weighted by molar-refractivity contribution is 5.88. The van der Waals surface area contributed by atoms with Gasteiger partial charge < -0.3 is 9.47 Å². The number of benzene rings is 4. The number of nitrogens with zero attached hydrogens (tertiary/aromatic N) is 2. The van der Waals surface area contributed by atoms with Crippen LogP contribution in [-0.2, 0) is 30.1 Å². The van der Waals surface area contributed by atoms with E-state index in [2.05, 4.69) is 10.6 Å². The fourth-order valence-corrected chi connectivity index (χ4v) is 5.11. The zero-order valence-corrected chi connectivity index (χ0v) is 26.0. The van der Waals surface area contributed by atoms with Crippen LogP contribution in [0.5, 0.6) is 0 Å². The highest BCUT2D eigenvalue weighted by Gasteiger charge is 2.43. The van der Waals surface area contributed by atoms with E-state index in [0.29, 0.717) is 22.3 Å². The van der Waals surface area contributed by atoms with Crippen molar-refractivity contribution in [3.05, 3.63) is 152 Å². The molecule has 0 aromatic heterocycles. The molecule has 0 heterocycles. The number of rotatable bonds is 12. The highest BCUT2D eigenvalue weighted by atomic mass is 16.6. The number of carbonyl (C=O) groups is 2. The molecule has 4 aromatic rings. The first-order chi connectivity index (χ1) is 22.1. The van der Waals surface area contributed by atoms with Crippen LogP contribution in [0.1, 0.15) is 36.1 Å². The second-order valence-corrected chi connectivity index (χ2v) is 9.78. The normalized spacial score (nSPS) is 13.1. The van der Waals surface area contributed by atoms with Crippen LogP contribution in [0.4, 0.5) is 11.4 Å². The average molecular weight is 629 g/mol. The van der Waals surface area contributed by atoms with Gasteiger partial charge in [0, 0.05) is 24.3 Å². The van der Waals surface area contributed by atoms with Crippen LogP contribution in [0.2, 0.25) is 0 Å². The molecule has 2 N–H and O–H groups in total. The van der Waals surface area contributed by atoms with E-state index < -0.39 is 32.9 Å². The minimum Gasteiger partial charge on any atom is -0.464 e. The van der Waals surface area contributed by atoms with Crippen molar-refractivity contribution >= 4 is 23.3 Å². The van der Waals surface area contributed by atoms with Gasteiger partial charge >= 0.3 is 11.9 Å². The van der Waals surface area contributed by atoms with Gasteiger partial charge in [0.1, 0.15) is 0 Å². The summed E-state index contributed by atoms with van der Waals surface area (Å²) in [6.45, 7) is 3.95. The molecule has 2 atom stereocenters. The third kappa shape index (κ3) is 7.25. The largest absolute Gasteiger partial charge is 0.464 e. The van der Waals surface area contributed by atoms with Crippen LogP contribution in [0.25, 0.3) is 0 Å². The summed E-state index contributed by atoms with van der Waals surface area (Å²) in [4.78, 5) is 46.1. The van der Waals surface area contributed by atoms with Crippen molar-refractivity contribution in [2.24, 2.45) is 0 Å². The first-order valence-corrected chi connectivity index (χ1v) is 14.4. The van der Waals surface area contributed by atoms with Crippen molar-refractivity contribution in [1.29, 1.82) is 0 Å². The number of nitrogens with one attached hydrogen (secondary N) is 2. The molecular formula is C34H36N4O8. The van der Waals surface area contributed by atoms with Gasteiger partial charge in [0.05, 0.1) is 23.1 Å². The van der Waals surface area contributed by atoms with Gasteiger partial charge in [0.25, 0.3) is 11.4 Å². The lowest BCUT2D eigenvalue weighted by Crippen LogP contribution is -2.49. The Kier molecular flexibility index (Phi) is 12.2. The lowest BCUT2D eigenvalue weighted by atomic mass is 9.82. The second-order valence-electron chi connectivity index (χ2n) is 9.78. The molecule has 0 spiro atoms. The van der Waals surface area contributed by atoms with Crippen LogP contribution in [0.15, 0.2) is 109 Å². The highest BCUT2D eigenvalue weighted by Crippen LogP contribution is 2.33. The molecule has 0 aliphatic rings. The standard InChI is InChI=1S/2C17H18N2O4/c2*1-3-23-16(20)17(18-2,13-7-5-4-6-8-13)14-9-11-15(12-10-14)19(21)22/h2*4-12,18H,3H2,1-2H3/t2*17-/m00/s1. The van der Waals surface area contributed by atoms with E-state index in [-0.39, 0.29) is 24.6 Å². The molecule has 46 heavy (non-hydrogen) atoms. The Balaban J connectivity index is 0.000000250. The fourth-order valence-electron chi connectivity index (χ4n) is 5.11. The second kappa shape index (κ2) is 16.0. The summed E-state index contributed by atoms with van der Waals surface area (Å²) < 4.78 is 10.5. The molecule has 4 rings (SSSR count). The number of ether oxygens (including phenoxy) is 2. The summed E-state index contributed by atoms with van der Waals surface area (Å²) in [6, 6.07) is 30.0. The molecule has 0 amide bonds. The minimum absolute atomic E-state index is 0.0318. The molecule has 0 aliphatic heterocycles. The quantitative estimate of drug-likeness (QED) is 0.120. The summed E-state index contributed by atoms with van der Waals surface area (Å²) in [5.41, 5.74) is 0.0696. The van der Waals surface area contributed by atoms with Gasteiger partial charge in [-0.25, -0.2) is 9.59 Å². The number of nitro groups is 2. The zero-order valence-electron chi connectivity index (χ0n) is 26.0. The van der Waals surface area contributed by atoms with E-state index in [1.165, 1.54) is 24.3 Å². The SMILES string of the molecule is CCOC(=O)[C@](NC)(c1ccccc1)c1ccc([N+](=O)[O-])cc1.CCOC(=O)[C@](NC)(c1ccccc1)c1ccc([N+](=O)[O-])cc1. The topological polar surface area (TPSA) is 163 Å². The Bertz CT molecular complexity index is 1490. The third-order valence-electron chi connectivity index (χ3n) is 7.35. The molecule has 0 aliphatic carbocycles. The maximum atomic E-state index is 12.7. The van der Waals surface area contributed by atoms with Crippen molar-refractivity contribution in [3.8, 4) is 0 Å². The number of hydrogen-bond donors (Lipinski definition) is 2. The smallest absolute Gasteiger partial charge is 0.335 e. The molecular weight excluding hydrogens is 592 g/mol. The van der Waals surface area contributed by atoms with Crippen molar-refractivity contribution < 1.29 is 28.9 Å². The summed E-state index contributed by atoms with van der Waals surface area (Å²) >= 11 is 0. The monoisotopic (exact) mass is 628 g/mol. The first-order valence-electron chi connectivity index (χ1n) is 14.4. The minimum atomic E-state index is -1.22. The van der Waals surface area contributed by atoms with Crippen molar-refractivity contribution in [2.75, 3.05) is 27.3 Å². The van der Waals surface area contributed by atoms with Crippen LogP contribution in [0.3, 0.4) is 0 Å². The van der Waals surface area contributed by atoms with Gasteiger partial charge in [0.15, 0.2) is 11.1 Å². The van der Waals surface area contributed by atoms with E-state index in [1.54, 1.807) is 52.2 Å².